The molecule has 2 aliphatic heterocycles. The maximum atomic E-state index is 13.7. The number of hydrogen-bond acceptors (Lipinski definition) is 9. The molecule has 5 rings (SSSR count). The second-order valence-electron chi connectivity index (χ2n) is 14.2. The first-order chi connectivity index (χ1) is 22.5. The van der Waals surface area contributed by atoms with E-state index in [0.717, 1.165) is 5.56 Å². The SMILES string of the molecule is COc1ccc(CN2C(=O)CCC(n3c(=O)n(C)c4cc(O[C@@H]5C[C@H](C(=O)OC(C)(C)C)N(C(=O)OC(C)(C)C)C5)ccc43)C2=O)cc1. The van der Waals surface area contributed by atoms with Crippen LogP contribution >= 0.6 is 0 Å². The summed E-state index contributed by atoms with van der Waals surface area (Å²) in [7, 11) is 3.17. The number of amides is 3. The third-order valence-corrected chi connectivity index (χ3v) is 8.23. The quantitative estimate of drug-likeness (QED) is 0.267. The van der Waals surface area contributed by atoms with E-state index in [1.165, 1.54) is 18.9 Å². The molecule has 2 aliphatic rings. The molecule has 0 bridgehead atoms. The number of nitrogens with zero attached hydrogens (tertiary/aromatic N) is 4. The Morgan fingerprint density at radius 1 is 0.875 bits per heavy atom. The summed E-state index contributed by atoms with van der Waals surface area (Å²) in [6, 6.07) is 10.4. The smallest absolute Gasteiger partial charge is 0.411 e. The molecular weight excluding hydrogens is 620 g/mol. The number of piperidine rings is 1. The summed E-state index contributed by atoms with van der Waals surface area (Å²) in [5.41, 5.74) is -0.123. The molecule has 3 atom stereocenters. The van der Waals surface area contributed by atoms with Crippen LogP contribution < -0.4 is 15.2 Å². The Labute approximate surface area is 279 Å². The van der Waals surface area contributed by atoms with Gasteiger partial charge in [0.2, 0.25) is 5.91 Å². The van der Waals surface area contributed by atoms with Gasteiger partial charge in [-0.25, -0.2) is 14.4 Å². The highest BCUT2D eigenvalue weighted by atomic mass is 16.6. The monoisotopic (exact) mass is 664 g/mol. The lowest BCUT2D eigenvalue weighted by atomic mass is 10.0. The zero-order chi connectivity index (χ0) is 35.1. The fourth-order valence-corrected chi connectivity index (χ4v) is 6.05. The summed E-state index contributed by atoms with van der Waals surface area (Å²) < 4.78 is 25.5. The molecule has 2 saturated heterocycles. The normalized spacial score (nSPS) is 20.3. The van der Waals surface area contributed by atoms with E-state index in [-0.39, 0.29) is 38.3 Å². The maximum absolute atomic E-state index is 13.7. The number of hydrogen-bond donors (Lipinski definition) is 0. The number of fused-ring (bicyclic) bond motifs is 1. The first-order valence-electron chi connectivity index (χ1n) is 16.0. The average Bonchev–Trinajstić information content (AvgIpc) is 3.53. The van der Waals surface area contributed by atoms with Crippen molar-refractivity contribution in [3.8, 4) is 11.5 Å². The van der Waals surface area contributed by atoms with Crippen LogP contribution in [0.25, 0.3) is 11.0 Å². The summed E-state index contributed by atoms with van der Waals surface area (Å²) in [6.07, 6.45) is -0.714. The van der Waals surface area contributed by atoms with E-state index in [1.807, 2.05) is 0 Å². The molecule has 0 saturated carbocycles. The number of methoxy groups -OCH3 is 1. The molecule has 3 amide bonds. The zero-order valence-corrected chi connectivity index (χ0v) is 28.8. The van der Waals surface area contributed by atoms with Crippen LogP contribution in [0.1, 0.15) is 72.4 Å². The number of ether oxygens (including phenoxy) is 4. The minimum atomic E-state index is -0.904. The van der Waals surface area contributed by atoms with Gasteiger partial charge >= 0.3 is 17.8 Å². The molecule has 0 N–H and O–H groups in total. The topological polar surface area (TPSA) is 139 Å². The number of aryl methyl sites for hydroxylation is 1. The van der Waals surface area contributed by atoms with E-state index < -0.39 is 53.0 Å². The largest absolute Gasteiger partial charge is 0.497 e. The van der Waals surface area contributed by atoms with Gasteiger partial charge in [0.05, 0.1) is 31.2 Å². The Morgan fingerprint density at radius 3 is 2.15 bits per heavy atom. The second kappa shape index (κ2) is 13.0. The van der Waals surface area contributed by atoms with Crippen LogP contribution in [0.3, 0.4) is 0 Å². The van der Waals surface area contributed by atoms with Crippen LogP contribution in [0.15, 0.2) is 47.3 Å². The molecule has 13 nitrogen and oxygen atoms in total. The van der Waals surface area contributed by atoms with Crippen LogP contribution in [-0.4, -0.2) is 79.8 Å². The van der Waals surface area contributed by atoms with Crippen molar-refractivity contribution in [3.63, 3.8) is 0 Å². The molecule has 0 spiro atoms. The van der Waals surface area contributed by atoms with Gasteiger partial charge in [-0.05, 0) is 77.8 Å². The Hall–Kier alpha value is -4.81. The maximum Gasteiger partial charge on any atom is 0.411 e. The number of aromatic nitrogens is 2. The highest BCUT2D eigenvalue weighted by Crippen LogP contribution is 2.32. The summed E-state index contributed by atoms with van der Waals surface area (Å²) in [4.78, 5) is 68.9. The molecule has 0 aliphatic carbocycles. The van der Waals surface area contributed by atoms with E-state index in [2.05, 4.69) is 0 Å². The number of imide groups is 1. The summed E-state index contributed by atoms with van der Waals surface area (Å²) in [5, 5.41) is 0. The Morgan fingerprint density at radius 2 is 1.52 bits per heavy atom. The first kappa shape index (κ1) is 34.5. The first-order valence-corrected chi connectivity index (χ1v) is 16.0. The van der Waals surface area contributed by atoms with Gasteiger partial charge < -0.3 is 18.9 Å². The number of likely N-dealkylation sites (tertiary alicyclic amines) is 2. The van der Waals surface area contributed by atoms with E-state index in [9.17, 15) is 24.0 Å². The van der Waals surface area contributed by atoms with Gasteiger partial charge in [-0.3, -0.25) is 28.5 Å². The molecule has 0 radical (unpaired) electrons. The number of carbonyl (C=O) groups is 4. The van der Waals surface area contributed by atoms with E-state index in [4.69, 9.17) is 18.9 Å². The molecule has 48 heavy (non-hydrogen) atoms. The van der Waals surface area contributed by atoms with Crippen LogP contribution in [0.2, 0.25) is 0 Å². The summed E-state index contributed by atoms with van der Waals surface area (Å²) in [5.74, 6) is -0.211. The van der Waals surface area contributed by atoms with Crippen molar-refractivity contribution in [2.24, 2.45) is 7.05 Å². The molecule has 3 heterocycles. The standard InChI is InChI=1S/C35H44N4O9/c1-34(2,3)47-31(42)28-18-24(20-37(28)33(44)48-35(4,5)6)46-23-13-14-25-27(17-23)36(7)32(43)39(25)26-15-16-29(40)38(30(26)41)19-21-9-11-22(45-8)12-10-21/h9-14,17,24,26,28H,15-16,18-20H2,1-8H3/t24-,26?,28-/m1/s1. The Balaban J connectivity index is 1.38. The van der Waals surface area contributed by atoms with Crippen molar-refractivity contribution in [1.82, 2.24) is 18.9 Å². The lowest BCUT2D eigenvalue weighted by molar-refractivity contribution is -0.160. The van der Waals surface area contributed by atoms with Gasteiger partial charge in [0.25, 0.3) is 5.91 Å². The van der Waals surface area contributed by atoms with Gasteiger partial charge in [-0.1, -0.05) is 12.1 Å². The van der Waals surface area contributed by atoms with Gasteiger partial charge in [0, 0.05) is 26.0 Å². The predicted octanol–water partition coefficient (Wildman–Crippen LogP) is 4.34. The minimum Gasteiger partial charge on any atom is -0.497 e. The number of imidazole rings is 1. The third-order valence-electron chi connectivity index (χ3n) is 8.23. The van der Waals surface area contributed by atoms with Crippen molar-refractivity contribution < 1.29 is 38.1 Å². The minimum absolute atomic E-state index is 0.0850. The Bertz CT molecular complexity index is 1740. The highest BCUT2D eigenvalue weighted by Gasteiger charge is 2.44. The molecule has 3 aromatic rings. The van der Waals surface area contributed by atoms with Crippen LogP contribution in [-0.2, 0) is 37.4 Å². The molecule has 2 fully saturated rings. The molecule has 13 heteroatoms. The van der Waals surface area contributed by atoms with Crippen molar-refractivity contribution >= 4 is 34.9 Å². The molecular formula is C35H44N4O9. The van der Waals surface area contributed by atoms with Gasteiger partial charge in [0.1, 0.15) is 40.9 Å². The predicted molar refractivity (Wildman–Crippen MR) is 176 cm³/mol. The van der Waals surface area contributed by atoms with Crippen LogP contribution in [0.5, 0.6) is 11.5 Å². The molecule has 2 aromatic carbocycles. The number of rotatable bonds is 7. The molecule has 258 valence electrons. The third kappa shape index (κ3) is 7.34. The summed E-state index contributed by atoms with van der Waals surface area (Å²) in [6.45, 7) is 10.7. The second-order valence-corrected chi connectivity index (χ2v) is 14.2. The fraction of sp³-hybridized carbons (Fsp3) is 0.514. The molecule has 1 aromatic heterocycles. The van der Waals surface area contributed by atoms with E-state index >= 15 is 0 Å². The zero-order valence-electron chi connectivity index (χ0n) is 28.8. The number of benzene rings is 2. The van der Waals surface area contributed by atoms with Crippen LogP contribution in [0, 0.1) is 0 Å². The molecule has 1 unspecified atom stereocenters. The van der Waals surface area contributed by atoms with E-state index in [1.54, 1.807) is 98.2 Å². The van der Waals surface area contributed by atoms with Crippen molar-refractivity contribution in [1.29, 1.82) is 0 Å². The van der Waals surface area contributed by atoms with Gasteiger partial charge in [-0.15, -0.1) is 0 Å². The lowest BCUT2D eigenvalue weighted by Gasteiger charge is -2.31. The number of esters is 1. The van der Waals surface area contributed by atoms with Crippen molar-refractivity contribution in [3.05, 3.63) is 58.5 Å². The van der Waals surface area contributed by atoms with Gasteiger partial charge in [0.15, 0.2) is 0 Å². The fourth-order valence-electron chi connectivity index (χ4n) is 6.05. The summed E-state index contributed by atoms with van der Waals surface area (Å²) >= 11 is 0. The number of carbonyl (C=O) groups excluding carboxylic acids is 4. The lowest BCUT2D eigenvalue weighted by Crippen LogP contribution is -2.47. The van der Waals surface area contributed by atoms with Crippen LogP contribution in [0.4, 0.5) is 4.79 Å². The van der Waals surface area contributed by atoms with Crippen molar-refractivity contribution in [2.45, 2.75) is 96.7 Å². The van der Waals surface area contributed by atoms with Gasteiger partial charge in [-0.2, -0.15) is 0 Å². The Kier molecular flexibility index (Phi) is 9.35. The highest BCUT2D eigenvalue weighted by molar-refractivity contribution is 6.00. The van der Waals surface area contributed by atoms with Crippen molar-refractivity contribution in [2.75, 3.05) is 13.7 Å². The van der Waals surface area contributed by atoms with E-state index in [0.29, 0.717) is 22.5 Å². The average molecular weight is 665 g/mol.